The first-order valence-electron chi connectivity index (χ1n) is 4.59. The van der Waals surface area contributed by atoms with E-state index in [4.69, 9.17) is 10.2 Å². The van der Waals surface area contributed by atoms with Gasteiger partial charge in [-0.1, -0.05) is 0 Å². The molecule has 0 aromatic carbocycles. The van der Waals surface area contributed by atoms with Crippen molar-refractivity contribution in [3.05, 3.63) is 0 Å². The highest BCUT2D eigenvalue weighted by molar-refractivity contribution is 5.65. The van der Waals surface area contributed by atoms with Crippen LogP contribution in [0.1, 0.15) is 0 Å². The lowest BCUT2D eigenvalue weighted by Crippen LogP contribution is -2.58. The Morgan fingerprint density at radius 1 is 1.47 bits per heavy atom. The third kappa shape index (κ3) is 7.09. The number of hydrogen-bond acceptors (Lipinski definition) is 5. The summed E-state index contributed by atoms with van der Waals surface area (Å²) in [5.41, 5.74) is 2.45. The Hall–Kier alpha value is -0.890. The van der Waals surface area contributed by atoms with Crippen LogP contribution in [0, 0.1) is 0 Å². The molecule has 1 amide bonds. The number of aliphatic hydroxyl groups is 3. The van der Waals surface area contributed by atoms with E-state index in [1.54, 1.807) is 14.1 Å². The first-order chi connectivity index (χ1) is 6.91. The largest absolute Gasteiger partial charge is 0.451 e. The van der Waals surface area contributed by atoms with Crippen molar-refractivity contribution in [1.29, 1.82) is 0 Å². The summed E-state index contributed by atoms with van der Waals surface area (Å²) in [4.78, 5) is 11.1. The average Bonchev–Trinajstić information content (AvgIpc) is 2.12. The maximum absolute atomic E-state index is 11.1. The monoisotopic (exact) mass is 223 g/mol. The number of aliphatic hydroxyl groups excluding tert-OH is 3. The van der Waals surface area contributed by atoms with Gasteiger partial charge in [-0.3, -0.25) is 0 Å². The molecule has 0 saturated carbocycles. The third-order valence-electron chi connectivity index (χ3n) is 1.60. The highest BCUT2D eigenvalue weighted by Crippen LogP contribution is 1.95. The fraction of sp³-hybridized carbons (Fsp3) is 0.875. The summed E-state index contributed by atoms with van der Waals surface area (Å²) in [7, 11) is 3.28. The number of quaternary nitrogens is 1. The maximum atomic E-state index is 11.1. The SMILES string of the molecule is C[N+](C)(CC(O)CO)NC(=O)OCCO. The van der Waals surface area contributed by atoms with Gasteiger partial charge in [-0.2, -0.15) is 5.43 Å². The zero-order valence-electron chi connectivity index (χ0n) is 9.01. The molecule has 0 aromatic rings. The van der Waals surface area contributed by atoms with Crippen molar-refractivity contribution in [2.45, 2.75) is 6.10 Å². The lowest BCUT2D eigenvalue weighted by Gasteiger charge is -2.29. The first kappa shape index (κ1) is 14.1. The van der Waals surface area contributed by atoms with Gasteiger partial charge in [-0.05, 0) is 0 Å². The van der Waals surface area contributed by atoms with Crippen LogP contribution in [0.5, 0.6) is 0 Å². The Bertz CT molecular complexity index is 197. The smallest absolute Gasteiger partial charge is 0.444 e. The lowest BCUT2D eigenvalue weighted by atomic mass is 10.3. The molecule has 0 saturated heterocycles. The minimum absolute atomic E-state index is 0.0218. The van der Waals surface area contributed by atoms with Crippen molar-refractivity contribution in [3.8, 4) is 0 Å². The number of ether oxygens (including phenoxy) is 1. The number of hydrogen-bond donors (Lipinski definition) is 4. The molecular formula is C8H19N2O5+. The minimum atomic E-state index is -0.904. The molecule has 0 bridgehead atoms. The van der Waals surface area contributed by atoms with Crippen LogP contribution in [-0.2, 0) is 4.74 Å². The molecular weight excluding hydrogens is 204 g/mol. The van der Waals surface area contributed by atoms with Crippen LogP contribution in [0.2, 0.25) is 0 Å². The van der Waals surface area contributed by atoms with Gasteiger partial charge in [0.2, 0.25) is 0 Å². The molecule has 0 rings (SSSR count). The van der Waals surface area contributed by atoms with Crippen molar-refractivity contribution in [2.75, 3.05) is 40.5 Å². The molecule has 7 nitrogen and oxygen atoms in total. The topological polar surface area (TPSA) is 99.0 Å². The molecule has 1 atom stereocenters. The van der Waals surface area contributed by atoms with Gasteiger partial charge < -0.3 is 20.1 Å². The quantitative estimate of drug-likeness (QED) is 0.310. The standard InChI is InChI=1S/C8H18N2O5/c1-10(2,5-7(13)6-12)9-8(14)15-4-3-11/h7,11-13H,3-6H2,1-2H3/p+1. The molecule has 90 valence electrons. The second-order valence-electron chi connectivity index (χ2n) is 3.68. The Morgan fingerprint density at radius 2 is 2.07 bits per heavy atom. The van der Waals surface area contributed by atoms with Crippen LogP contribution in [0.15, 0.2) is 0 Å². The van der Waals surface area contributed by atoms with Gasteiger partial charge in [0.15, 0.2) is 0 Å². The molecule has 0 radical (unpaired) electrons. The zero-order valence-corrected chi connectivity index (χ0v) is 9.01. The van der Waals surface area contributed by atoms with Gasteiger partial charge in [0.1, 0.15) is 19.3 Å². The summed E-state index contributed by atoms with van der Waals surface area (Å²) in [6, 6.07) is 0. The van der Waals surface area contributed by atoms with Gasteiger partial charge in [-0.25, -0.2) is 9.39 Å². The van der Waals surface area contributed by atoms with E-state index >= 15 is 0 Å². The van der Waals surface area contributed by atoms with E-state index in [2.05, 4.69) is 10.2 Å². The van der Waals surface area contributed by atoms with Crippen molar-refractivity contribution in [3.63, 3.8) is 0 Å². The van der Waals surface area contributed by atoms with Crippen LogP contribution in [-0.4, -0.2) is 72.6 Å². The predicted octanol–water partition coefficient (Wildman–Crippen LogP) is -1.95. The summed E-state index contributed by atoms with van der Waals surface area (Å²) in [5.74, 6) is 0. The van der Waals surface area contributed by atoms with E-state index in [1.165, 1.54) is 0 Å². The number of rotatable bonds is 6. The lowest BCUT2D eigenvalue weighted by molar-refractivity contribution is -0.928. The summed E-state index contributed by atoms with van der Waals surface area (Å²) in [6.45, 7) is -0.520. The molecule has 0 aliphatic rings. The molecule has 0 aliphatic heterocycles. The average molecular weight is 223 g/mol. The second-order valence-corrected chi connectivity index (χ2v) is 3.68. The van der Waals surface area contributed by atoms with Gasteiger partial charge >= 0.3 is 6.09 Å². The number of nitrogens with one attached hydrogen (secondary N) is 1. The molecule has 0 aliphatic carbocycles. The van der Waals surface area contributed by atoms with Crippen molar-refractivity contribution < 1.29 is 29.4 Å². The van der Waals surface area contributed by atoms with Crippen LogP contribution < -0.4 is 5.43 Å². The van der Waals surface area contributed by atoms with Crippen LogP contribution in [0.25, 0.3) is 0 Å². The number of carbonyl (C=O) groups excluding carboxylic acids is 1. The number of likely N-dealkylation sites (N-methyl/N-ethyl adjacent to an activating group) is 1. The predicted molar refractivity (Wildman–Crippen MR) is 51.6 cm³/mol. The summed E-state index contributed by atoms with van der Waals surface area (Å²) < 4.78 is 4.56. The fourth-order valence-corrected chi connectivity index (χ4v) is 1.05. The molecule has 0 heterocycles. The molecule has 0 fully saturated rings. The van der Waals surface area contributed by atoms with Crippen LogP contribution in [0.3, 0.4) is 0 Å². The Morgan fingerprint density at radius 3 is 2.53 bits per heavy atom. The number of nitrogens with zero attached hydrogens (tertiary/aromatic N) is 1. The molecule has 7 heteroatoms. The first-order valence-corrected chi connectivity index (χ1v) is 4.59. The van der Waals surface area contributed by atoms with E-state index in [1.807, 2.05) is 0 Å². The highest BCUT2D eigenvalue weighted by Gasteiger charge is 2.23. The summed E-state index contributed by atoms with van der Waals surface area (Å²) >= 11 is 0. The summed E-state index contributed by atoms with van der Waals surface area (Å²) in [6.07, 6.45) is -1.59. The van der Waals surface area contributed by atoms with E-state index < -0.39 is 12.2 Å². The Balaban J connectivity index is 3.95. The highest BCUT2D eigenvalue weighted by atomic mass is 16.6. The molecule has 0 aromatic heterocycles. The Labute approximate surface area is 88.4 Å². The van der Waals surface area contributed by atoms with Crippen molar-refractivity contribution in [2.24, 2.45) is 0 Å². The van der Waals surface area contributed by atoms with Gasteiger partial charge in [0.05, 0.1) is 27.3 Å². The van der Waals surface area contributed by atoms with E-state index in [0.717, 1.165) is 0 Å². The minimum Gasteiger partial charge on any atom is -0.444 e. The Kier molecular flexibility index (Phi) is 6.18. The van der Waals surface area contributed by atoms with Gasteiger partial charge in [0, 0.05) is 0 Å². The van der Waals surface area contributed by atoms with Gasteiger partial charge in [-0.15, -0.1) is 0 Å². The second kappa shape index (κ2) is 6.57. The van der Waals surface area contributed by atoms with Crippen LogP contribution >= 0.6 is 0 Å². The molecule has 0 spiro atoms. The number of amides is 1. The fourth-order valence-electron chi connectivity index (χ4n) is 1.05. The number of carbonyl (C=O) groups is 1. The summed E-state index contributed by atoms with van der Waals surface area (Å²) in [5, 5.41) is 26.2. The zero-order chi connectivity index (χ0) is 11.9. The normalized spacial score (nSPS) is 13.4. The van der Waals surface area contributed by atoms with E-state index in [9.17, 15) is 9.90 Å². The molecule has 4 N–H and O–H groups in total. The van der Waals surface area contributed by atoms with E-state index in [-0.39, 0.29) is 31.0 Å². The van der Waals surface area contributed by atoms with Crippen LogP contribution in [0.4, 0.5) is 4.79 Å². The van der Waals surface area contributed by atoms with Crippen molar-refractivity contribution in [1.82, 2.24) is 5.43 Å². The molecule has 1 unspecified atom stereocenters. The molecule has 15 heavy (non-hydrogen) atoms. The van der Waals surface area contributed by atoms with Crippen molar-refractivity contribution >= 4 is 6.09 Å². The van der Waals surface area contributed by atoms with E-state index in [0.29, 0.717) is 0 Å². The maximum Gasteiger partial charge on any atom is 0.451 e. The van der Waals surface area contributed by atoms with Gasteiger partial charge in [0.25, 0.3) is 0 Å². The third-order valence-corrected chi connectivity index (χ3v) is 1.60.